The second-order valence-electron chi connectivity index (χ2n) is 6.29. The summed E-state index contributed by atoms with van der Waals surface area (Å²) in [5.74, 6) is 1.77. The topological polar surface area (TPSA) is 91.9 Å². The van der Waals surface area contributed by atoms with Gasteiger partial charge < -0.3 is 19.9 Å². The lowest BCUT2D eigenvalue weighted by atomic mass is 9.81. The van der Waals surface area contributed by atoms with Gasteiger partial charge in [0.2, 0.25) is 5.88 Å². The maximum atomic E-state index is 6.27. The molecule has 0 radical (unpaired) electrons. The number of benzene rings is 1. The van der Waals surface area contributed by atoms with Crippen molar-refractivity contribution in [3.63, 3.8) is 0 Å². The fourth-order valence-corrected chi connectivity index (χ4v) is 3.66. The van der Waals surface area contributed by atoms with E-state index in [0.717, 1.165) is 16.7 Å². The number of para-hydroxylation sites is 1. The van der Waals surface area contributed by atoms with Crippen molar-refractivity contribution in [2.75, 3.05) is 13.7 Å². The molecular formula is C20H16N4O3. The number of nitrogens with zero attached hydrogens (tertiary/aromatic N) is 3. The number of ether oxygens (including phenoxy) is 3. The molecule has 2 aliphatic rings. The number of hydrogen-bond acceptors (Lipinski definition) is 7. The fourth-order valence-electron chi connectivity index (χ4n) is 3.66. The maximum absolute atomic E-state index is 6.27. The lowest BCUT2D eigenvalue weighted by Gasteiger charge is -2.33. The van der Waals surface area contributed by atoms with E-state index in [4.69, 9.17) is 19.9 Å². The van der Waals surface area contributed by atoms with Crippen LogP contribution in [0.4, 0.5) is 0 Å². The molecule has 0 bridgehead atoms. The molecule has 2 N–H and O–H groups in total. The van der Waals surface area contributed by atoms with Crippen molar-refractivity contribution in [1.82, 2.24) is 9.97 Å². The average molecular weight is 360 g/mol. The second-order valence-corrected chi connectivity index (χ2v) is 6.29. The molecule has 0 fully saturated rings. The van der Waals surface area contributed by atoms with E-state index in [1.165, 1.54) is 0 Å². The number of hydrogen-bond donors (Lipinski definition) is 1. The van der Waals surface area contributed by atoms with E-state index in [9.17, 15) is 0 Å². The van der Waals surface area contributed by atoms with E-state index >= 15 is 0 Å². The van der Waals surface area contributed by atoms with Gasteiger partial charge in [0.05, 0.1) is 12.7 Å². The summed E-state index contributed by atoms with van der Waals surface area (Å²) >= 11 is 0. The van der Waals surface area contributed by atoms with Gasteiger partial charge in [0.15, 0.2) is 11.3 Å². The Morgan fingerprint density at radius 3 is 2.74 bits per heavy atom. The van der Waals surface area contributed by atoms with Crippen molar-refractivity contribution in [2.45, 2.75) is 5.54 Å². The van der Waals surface area contributed by atoms with E-state index in [1.807, 2.05) is 42.5 Å². The molecule has 5 rings (SSSR count). The Morgan fingerprint density at radius 2 is 1.93 bits per heavy atom. The minimum absolute atomic E-state index is 0.162. The number of aromatic nitrogens is 2. The number of pyridine rings is 2. The molecule has 2 aromatic heterocycles. The van der Waals surface area contributed by atoms with Gasteiger partial charge in [-0.05, 0) is 24.3 Å². The monoisotopic (exact) mass is 360 g/mol. The van der Waals surface area contributed by atoms with E-state index in [0.29, 0.717) is 29.7 Å². The predicted octanol–water partition coefficient (Wildman–Crippen LogP) is 2.85. The normalized spacial score (nSPS) is 19.5. The molecule has 134 valence electrons. The van der Waals surface area contributed by atoms with Gasteiger partial charge in [0, 0.05) is 23.5 Å². The molecule has 1 unspecified atom stereocenters. The minimum atomic E-state index is -0.763. The summed E-state index contributed by atoms with van der Waals surface area (Å²) in [7, 11) is 1.58. The Kier molecular flexibility index (Phi) is 3.30. The van der Waals surface area contributed by atoms with Crippen LogP contribution in [0.25, 0.3) is 11.3 Å². The molecule has 7 heteroatoms. The van der Waals surface area contributed by atoms with Gasteiger partial charge in [-0.25, -0.2) is 9.98 Å². The van der Waals surface area contributed by atoms with Gasteiger partial charge in [-0.15, -0.1) is 0 Å². The first-order chi connectivity index (χ1) is 13.2. The Morgan fingerprint density at radius 1 is 1.04 bits per heavy atom. The molecule has 1 aromatic carbocycles. The first-order valence-corrected chi connectivity index (χ1v) is 8.47. The molecule has 0 saturated heterocycles. The summed E-state index contributed by atoms with van der Waals surface area (Å²) in [5.41, 5.74) is 8.25. The third-order valence-electron chi connectivity index (χ3n) is 4.84. The first-order valence-electron chi connectivity index (χ1n) is 8.47. The highest BCUT2D eigenvalue weighted by Crippen LogP contribution is 2.53. The molecule has 27 heavy (non-hydrogen) atoms. The number of rotatable bonds is 2. The third-order valence-corrected chi connectivity index (χ3v) is 4.84. The zero-order chi connectivity index (χ0) is 18.4. The molecular weight excluding hydrogens is 344 g/mol. The van der Waals surface area contributed by atoms with Crippen LogP contribution in [0.15, 0.2) is 59.9 Å². The summed E-state index contributed by atoms with van der Waals surface area (Å²) in [5, 5.41) is 0. The Labute approximate surface area is 155 Å². The smallest absolute Gasteiger partial charge is 0.283 e. The zero-order valence-corrected chi connectivity index (χ0v) is 14.5. The summed E-state index contributed by atoms with van der Waals surface area (Å²) in [4.78, 5) is 13.5. The van der Waals surface area contributed by atoms with E-state index in [-0.39, 0.29) is 6.02 Å². The van der Waals surface area contributed by atoms with Crippen LogP contribution in [0.3, 0.4) is 0 Å². The Balaban J connectivity index is 1.80. The van der Waals surface area contributed by atoms with E-state index in [2.05, 4.69) is 15.0 Å². The minimum Gasteiger partial charge on any atom is -0.481 e. The molecule has 0 amide bonds. The van der Waals surface area contributed by atoms with Crippen molar-refractivity contribution in [2.24, 2.45) is 10.7 Å². The van der Waals surface area contributed by atoms with Gasteiger partial charge in [0.25, 0.3) is 6.02 Å². The molecule has 3 aromatic rings. The van der Waals surface area contributed by atoms with Crippen LogP contribution in [-0.4, -0.2) is 29.7 Å². The van der Waals surface area contributed by atoms with Crippen molar-refractivity contribution in [3.05, 3.63) is 66.0 Å². The summed E-state index contributed by atoms with van der Waals surface area (Å²) in [6.45, 7) is 0.305. The SMILES string of the molecule is COc1ncccc1-c1nccc2c1Oc1ccccc1C21COC(N)=N1. The quantitative estimate of drug-likeness (QED) is 0.755. The third kappa shape index (κ3) is 2.18. The largest absolute Gasteiger partial charge is 0.481 e. The van der Waals surface area contributed by atoms with Gasteiger partial charge in [-0.2, -0.15) is 0 Å². The van der Waals surface area contributed by atoms with Crippen molar-refractivity contribution < 1.29 is 14.2 Å². The van der Waals surface area contributed by atoms with Crippen molar-refractivity contribution >= 4 is 6.02 Å². The van der Waals surface area contributed by atoms with Crippen LogP contribution in [-0.2, 0) is 10.3 Å². The lowest BCUT2D eigenvalue weighted by Crippen LogP contribution is -2.31. The Hall–Kier alpha value is -3.61. The van der Waals surface area contributed by atoms with Crippen molar-refractivity contribution in [1.29, 1.82) is 0 Å². The highest BCUT2D eigenvalue weighted by molar-refractivity contribution is 5.79. The summed E-state index contributed by atoms with van der Waals surface area (Å²) in [6, 6.07) is 13.5. The number of fused-ring (bicyclic) bond motifs is 4. The number of aliphatic imine (C=N–C) groups is 1. The Bertz CT molecular complexity index is 1080. The molecule has 0 aliphatic carbocycles. The number of nitrogens with two attached hydrogens (primary N) is 1. The van der Waals surface area contributed by atoms with Crippen LogP contribution < -0.4 is 15.2 Å². The van der Waals surface area contributed by atoms with Gasteiger partial charge in [-0.3, -0.25) is 4.98 Å². The van der Waals surface area contributed by atoms with Gasteiger partial charge in [-0.1, -0.05) is 18.2 Å². The molecule has 2 aliphatic heterocycles. The number of amidine groups is 1. The van der Waals surface area contributed by atoms with E-state index in [1.54, 1.807) is 19.5 Å². The summed E-state index contributed by atoms with van der Waals surface area (Å²) < 4.78 is 17.3. The van der Waals surface area contributed by atoms with Crippen LogP contribution in [0.1, 0.15) is 11.1 Å². The van der Waals surface area contributed by atoms with Crippen LogP contribution in [0, 0.1) is 0 Å². The number of methoxy groups -OCH3 is 1. The highest BCUT2D eigenvalue weighted by Gasteiger charge is 2.47. The van der Waals surface area contributed by atoms with Crippen LogP contribution in [0.5, 0.6) is 17.4 Å². The predicted molar refractivity (Wildman–Crippen MR) is 98.9 cm³/mol. The standard InChI is InChI=1S/C20H16N4O3/c1-25-18-12(5-4-9-23-18)16-17-14(8-10-22-16)20(11-26-19(21)24-20)13-6-2-3-7-15(13)27-17/h2-10H,11H2,1H3,(H2,21,24). The lowest BCUT2D eigenvalue weighted by molar-refractivity contribution is 0.264. The zero-order valence-electron chi connectivity index (χ0n) is 14.5. The highest BCUT2D eigenvalue weighted by atomic mass is 16.5. The van der Waals surface area contributed by atoms with Crippen LogP contribution in [0.2, 0.25) is 0 Å². The van der Waals surface area contributed by atoms with Crippen LogP contribution >= 0.6 is 0 Å². The first kappa shape index (κ1) is 15.6. The van der Waals surface area contributed by atoms with E-state index < -0.39 is 5.54 Å². The molecule has 0 saturated carbocycles. The molecule has 1 spiro atoms. The maximum Gasteiger partial charge on any atom is 0.283 e. The average Bonchev–Trinajstić information content (AvgIpc) is 3.10. The molecule has 7 nitrogen and oxygen atoms in total. The fraction of sp³-hybridized carbons (Fsp3) is 0.150. The van der Waals surface area contributed by atoms with Gasteiger partial charge in [0.1, 0.15) is 18.1 Å². The van der Waals surface area contributed by atoms with Crippen molar-refractivity contribution in [3.8, 4) is 28.6 Å². The molecule has 1 atom stereocenters. The summed E-state index contributed by atoms with van der Waals surface area (Å²) in [6.07, 6.45) is 3.40. The van der Waals surface area contributed by atoms with Gasteiger partial charge >= 0.3 is 0 Å². The molecule has 4 heterocycles. The second kappa shape index (κ2) is 5.70.